The Balaban J connectivity index is 1.38. The average Bonchev–Trinajstić information content (AvgIpc) is 3.23. The molecule has 1 aliphatic heterocycles. The van der Waals surface area contributed by atoms with Gasteiger partial charge in [-0.15, -0.1) is 0 Å². The number of aromatic nitrogens is 3. The summed E-state index contributed by atoms with van der Waals surface area (Å²) in [4.78, 5) is 34.5. The van der Waals surface area contributed by atoms with Gasteiger partial charge in [0.2, 0.25) is 11.9 Å². The van der Waals surface area contributed by atoms with E-state index in [2.05, 4.69) is 25.9 Å². The predicted molar refractivity (Wildman–Crippen MR) is 146 cm³/mol. The second-order valence-corrected chi connectivity index (χ2v) is 9.45. The third-order valence-electron chi connectivity index (χ3n) is 6.35. The molecular formula is C28H23ClN6O3. The number of carbonyl (C=O) groups excluding carboxylic acids is 1. The number of anilines is 4. The second kappa shape index (κ2) is 10.0. The highest BCUT2D eigenvalue weighted by molar-refractivity contribution is 6.32. The molecule has 0 radical (unpaired) electrons. The summed E-state index contributed by atoms with van der Waals surface area (Å²) in [5.41, 5.74) is 5.36. The van der Waals surface area contributed by atoms with Crippen LogP contribution < -0.4 is 21.7 Å². The Morgan fingerprint density at radius 3 is 2.76 bits per heavy atom. The largest absolute Gasteiger partial charge is 0.420 e. The van der Waals surface area contributed by atoms with Gasteiger partial charge in [-0.25, -0.2) is 9.78 Å². The lowest BCUT2D eigenvalue weighted by atomic mass is 10.0. The van der Waals surface area contributed by atoms with Gasteiger partial charge in [-0.1, -0.05) is 54.1 Å². The zero-order valence-electron chi connectivity index (χ0n) is 20.2. The van der Waals surface area contributed by atoms with Gasteiger partial charge in [0.05, 0.1) is 11.7 Å². The Hall–Kier alpha value is -4.63. The predicted octanol–water partition coefficient (Wildman–Crippen LogP) is 4.94. The molecule has 3 N–H and O–H groups in total. The van der Waals surface area contributed by atoms with Crippen molar-refractivity contribution in [3.8, 4) is 0 Å². The lowest BCUT2D eigenvalue weighted by molar-refractivity contribution is -0.121. The number of fused-ring (bicyclic) bond motifs is 8. The number of oxazole rings is 1. The van der Waals surface area contributed by atoms with Gasteiger partial charge in [-0.3, -0.25) is 9.36 Å². The molecule has 5 aromatic rings. The molecule has 0 fully saturated rings. The zero-order valence-corrected chi connectivity index (χ0v) is 21.0. The number of hydrogen-bond acceptors (Lipinski definition) is 7. The monoisotopic (exact) mass is 526 g/mol. The first-order valence-electron chi connectivity index (χ1n) is 12.1. The summed E-state index contributed by atoms with van der Waals surface area (Å²) in [5, 5.41) is 9.67. The number of rotatable bonds is 4. The molecule has 0 unspecified atom stereocenters. The Morgan fingerprint density at radius 2 is 1.89 bits per heavy atom. The molecule has 1 aliphatic rings. The van der Waals surface area contributed by atoms with E-state index < -0.39 is 5.76 Å². The zero-order chi connectivity index (χ0) is 26.1. The van der Waals surface area contributed by atoms with Crippen LogP contribution in [-0.4, -0.2) is 20.4 Å². The molecule has 2 aromatic heterocycles. The molecular weight excluding hydrogens is 504 g/mol. The van der Waals surface area contributed by atoms with Crippen LogP contribution in [0.15, 0.2) is 82.1 Å². The first-order chi connectivity index (χ1) is 18.5. The molecule has 0 spiro atoms. The van der Waals surface area contributed by atoms with E-state index >= 15 is 0 Å². The van der Waals surface area contributed by atoms with Crippen molar-refractivity contribution in [2.75, 3.05) is 10.6 Å². The normalized spacial score (nSPS) is 12.4. The van der Waals surface area contributed by atoms with Gasteiger partial charge < -0.3 is 20.4 Å². The Kier molecular flexibility index (Phi) is 6.27. The van der Waals surface area contributed by atoms with Crippen LogP contribution >= 0.6 is 11.6 Å². The van der Waals surface area contributed by atoms with Crippen LogP contribution in [0.2, 0.25) is 5.02 Å². The summed E-state index contributed by atoms with van der Waals surface area (Å²) in [6, 6.07) is 21.2. The van der Waals surface area contributed by atoms with Gasteiger partial charge in [0.25, 0.3) is 0 Å². The van der Waals surface area contributed by atoms with Gasteiger partial charge in [0.1, 0.15) is 11.6 Å². The Labute approximate surface area is 222 Å². The van der Waals surface area contributed by atoms with E-state index in [-0.39, 0.29) is 12.5 Å². The minimum absolute atomic E-state index is 0.175. The number of hydrogen-bond donors (Lipinski definition) is 3. The number of halogens is 1. The lowest BCUT2D eigenvalue weighted by Gasteiger charge is -2.12. The van der Waals surface area contributed by atoms with Crippen LogP contribution in [0, 0.1) is 0 Å². The van der Waals surface area contributed by atoms with E-state index in [4.69, 9.17) is 16.0 Å². The topological polar surface area (TPSA) is 114 Å². The smallest absolute Gasteiger partial charge is 0.407 e. The van der Waals surface area contributed by atoms with Gasteiger partial charge >= 0.3 is 5.76 Å². The van der Waals surface area contributed by atoms with Crippen LogP contribution in [0.5, 0.6) is 0 Å². The van der Waals surface area contributed by atoms with Gasteiger partial charge in [-0.2, -0.15) is 4.98 Å². The second-order valence-electron chi connectivity index (χ2n) is 9.04. The highest BCUT2D eigenvalue weighted by atomic mass is 35.5. The van der Waals surface area contributed by atoms with Crippen LogP contribution in [0.4, 0.5) is 23.1 Å². The number of benzene rings is 3. The van der Waals surface area contributed by atoms with Gasteiger partial charge in [0.15, 0.2) is 11.4 Å². The van der Waals surface area contributed by atoms with Crippen molar-refractivity contribution in [1.29, 1.82) is 0 Å². The van der Waals surface area contributed by atoms with Crippen LogP contribution in [-0.2, 0) is 30.7 Å². The molecule has 10 heteroatoms. The number of aryl methyl sites for hydroxylation is 2. The highest BCUT2D eigenvalue weighted by Crippen LogP contribution is 2.30. The number of nitrogens with zero attached hydrogens (tertiary/aromatic N) is 3. The number of nitrogens with one attached hydrogen (secondary N) is 3. The minimum atomic E-state index is -0.595. The average molecular weight is 527 g/mol. The maximum Gasteiger partial charge on any atom is 0.420 e. The molecule has 6 bridgehead atoms. The molecule has 1 amide bonds. The van der Waals surface area contributed by atoms with Crippen molar-refractivity contribution >= 4 is 51.7 Å². The third kappa shape index (κ3) is 4.96. The van der Waals surface area contributed by atoms with Crippen molar-refractivity contribution in [2.45, 2.75) is 25.9 Å². The molecule has 0 aliphatic carbocycles. The van der Waals surface area contributed by atoms with Crippen LogP contribution in [0.25, 0.3) is 11.1 Å². The molecule has 0 atom stereocenters. The van der Waals surface area contributed by atoms with E-state index in [1.807, 2.05) is 60.7 Å². The quantitative estimate of drug-likeness (QED) is 0.304. The summed E-state index contributed by atoms with van der Waals surface area (Å²) >= 11 is 6.40. The maximum absolute atomic E-state index is 12.9. The van der Waals surface area contributed by atoms with E-state index in [9.17, 15) is 9.59 Å². The number of carbonyl (C=O) groups is 1. The molecule has 3 heterocycles. The lowest BCUT2D eigenvalue weighted by Crippen LogP contribution is -2.30. The van der Waals surface area contributed by atoms with Gasteiger partial charge in [-0.05, 0) is 53.8 Å². The fraction of sp³-hybridized carbons (Fsp3) is 0.143. The summed E-state index contributed by atoms with van der Waals surface area (Å²) in [6.07, 6.45) is 2.84. The third-order valence-corrected chi connectivity index (χ3v) is 6.63. The number of amides is 1. The van der Waals surface area contributed by atoms with E-state index in [1.165, 1.54) is 10.8 Å². The van der Waals surface area contributed by atoms with Gasteiger partial charge in [0, 0.05) is 17.9 Å². The standard InChI is InChI=1S/C28H23ClN6O3/c29-22-15-31-27-33-20-8-4-7-17(11-20)9-10-19-12-21(32-26(22)34-27)13-23-25(19)38-28(37)35(23)16-24(36)30-14-18-5-2-1-3-6-18/h1-8,11-13,15H,9-10,14,16H2,(H,30,36)(H2,31,32,33,34). The SMILES string of the molecule is O=C(Cn1c(=O)oc2c3cc(cc21)Nc1nc(ncc1Cl)Nc1cccc(c1)CC3)NCc1ccccc1. The van der Waals surface area contributed by atoms with Crippen molar-refractivity contribution in [2.24, 2.45) is 0 Å². The first kappa shape index (κ1) is 23.7. The summed E-state index contributed by atoms with van der Waals surface area (Å²) < 4.78 is 7.03. The summed E-state index contributed by atoms with van der Waals surface area (Å²) in [7, 11) is 0. The minimum Gasteiger partial charge on any atom is -0.407 e. The van der Waals surface area contributed by atoms with Crippen molar-refractivity contribution < 1.29 is 9.21 Å². The van der Waals surface area contributed by atoms with E-state index in [0.29, 0.717) is 53.0 Å². The van der Waals surface area contributed by atoms with E-state index in [1.54, 1.807) is 6.07 Å². The maximum atomic E-state index is 12.9. The summed E-state index contributed by atoms with van der Waals surface area (Å²) in [6.45, 7) is 0.190. The highest BCUT2D eigenvalue weighted by Gasteiger charge is 2.18. The molecule has 3 aromatic carbocycles. The van der Waals surface area contributed by atoms with Crippen molar-refractivity contribution in [3.05, 3.63) is 105 Å². The first-order valence-corrected chi connectivity index (χ1v) is 12.5. The molecule has 6 rings (SSSR count). The Morgan fingerprint density at radius 1 is 1.03 bits per heavy atom. The molecule has 0 saturated carbocycles. The Bertz CT molecular complexity index is 1710. The van der Waals surface area contributed by atoms with Crippen LogP contribution in [0.1, 0.15) is 16.7 Å². The molecule has 190 valence electrons. The molecule has 0 saturated heterocycles. The van der Waals surface area contributed by atoms with E-state index in [0.717, 1.165) is 22.4 Å². The molecule has 38 heavy (non-hydrogen) atoms. The fourth-order valence-electron chi connectivity index (χ4n) is 4.50. The van der Waals surface area contributed by atoms with Crippen molar-refractivity contribution in [3.63, 3.8) is 0 Å². The summed E-state index contributed by atoms with van der Waals surface area (Å²) in [5.74, 6) is -0.0912. The fourth-order valence-corrected chi connectivity index (χ4v) is 4.64. The van der Waals surface area contributed by atoms with Crippen molar-refractivity contribution in [1.82, 2.24) is 19.9 Å². The van der Waals surface area contributed by atoms with Crippen LogP contribution in [0.3, 0.4) is 0 Å². The molecule has 9 nitrogen and oxygen atoms in total.